The Kier molecular flexibility index (Phi) is 9.77. The second kappa shape index (κ2) is 12.8. The first-order valence-corrected chi connectivity index (χ1v) is 13.0. The van der Waals surface area contributed by atoms with Crippen molar-refractivity contribution in [2.75, 3.05) is 13.1 Å². The van der Waals surface area contributed by atoms with Gasteiger partial charge in [-0.05, 0) is 25.7 Å². The van der Waals surface area contributed by atoms with Crippen molar-refractivity contribution in [2.24, 2.45) is 14.1 Å². The molecule has 34 heavy (non-hydrogen) atoms. The third kappa shape index (κ3) is 6.51. The molecule has 2 aromatic heterocycles. The Labute approximate surface area is 201 Å². The van der Waals surface area contributed by atoms with Gasteiger partial charge in [-0.1, -0.05) is 58.3 Å². The van der Waals surface area contributed by atoms with Gasteiger partial charge in [-0.15, -0.1) is 0 Å². The van der Waals surface area contributed by atoms with Gasteiger partial charge in [0.05, 0.1) is 12.9 Å². The molecule has 0 N–H and O–H groups in total. The van der Waals surface area contributed by atoms with Crippen LogP contribution in [0, 0.1) is 0 Å². The van der Waals surface area contributed by atoms with Crippen LogP contribution < -0.4 is 11.2 Å². The van der Waals surface area contributed by atoms with Crippen LogP contribution in [0.2, 0.25) is 0 Å². The molecule has 0 saturated carbocycles. The van der Waals surface area contributed by atoms with Gasteiger partial charge in [0.15, 0.2) is 11.2 Å². The number of aromatic nitrogens is 4. The molecule has 3 rings (SSSR count). The molecule has 1 aliphatic rings. The Morgan fingerprint density at radius 3 is 2.29 bits per heavy atom. The molecule has 1 fully saturated rings. The largest absolute Gasteiger partial charge is 0.444 e. The molecule has 1 amide bonds. The van der Waals surface area contributed by atoms with E-state index in [2.05, 4.69) is 11.9 Å². The first-order chi connectivity index (χ1) is 16.4. The minimum Gasteiger partial charge on any atom is -0.444 e. The van der Waals surface area contributed by atoms with Crippen molar-refractivity contribution in [1.82, 2.24) is 23.6 Å². The average Bonchev–Trinajstić information content (AvgIpc) is 3.38. The first kappa shape index (κ1) is 26.0. The Bertz CT molecular complexity index is 1050. The molecule has 0 aliphatic carbocycles. The summed E-state index contributed by atoms with van der Waals surface area (Å²) in [7, 11) is 3.42. The minimum absolute atomic E-state index is 0.0137. The Morgan fingerprint density at radius 1 is 0.912 bits per heavy atom. The van der Waals surface area contributed by atoms with Gasteiger partial charge >= 0.3 is 11.8 Å². The minimum atomic E-state index is -0.315. The Balaban J connectivity index is 1.31. The number of unbranched alkanes of at least 4 members (excludes halogenated alkanes) is 9. The van der Waals surface area contributed by atoms with Crippen LogP contribution >= 0.6 is 0 Å². The van der Waals surface area contributed by atoms with Crippen LogP contribution in [0.15, 0.2) is 15.9 Å². The van der Waals surface area contributed by atoms with Crippen molar-refractivity contribution in [3.05, 3.63) is 27.2 Å². The highest BCUT2D eigenvalue weighted by Crippen LogP contribution is 2.18. The molecule has 0 spiro atoms. The summed E-state index contributed by atoms with van der Waals surface area (Å²) >= 11 is 0. The maximum absolute atomic E-state index is 12.7. The number of rotatable bonds is 15. The van der Waals surface area contributed by atoms with E-state index >= 15 is 0 Å². The summed E-state index contributed by atoms with van der Waals surface area (Å²) < 4.78 is 9.96. The van der Waals surface area contributed by atoms with E-state index in [1.165, 1.54) is 41.2 Å². The molecule has 9 heteroatoms. The second-order valence-electron chi connectivity index (χ2n) is 9.60. The van der Waals surface area contributed by atoms with Crippen molar-refractivity contribution in [3.63, 3.8) is 0 Å². The predicted molar refractivity (Wildman–Crippen MR) is 133 cm³/mol. The Hall–Kier alpha value is -2.58. The topological polar surface area (TPSA) is 91.4 Å². The van der Waals surface area contributed by atoms with Gasteiger partial charge in [0.1, 0.15) is 6.10 Å². The zero-order valence-electron chi connectivity index (χ0n) is 21.1. The normalized spacial score (nSPS) is 16.0. The van der Waals surface area contributed by atoms with Crippen molar-refractivity contribution in [1.29, 1.82) is 0 Å². The van der Waals surface area contributed by atoms with Crippen molar-refractivity contribution in [2.45, 2.75) is 96.6 Å². The fourth-order valence-electron chi connectivity index (χ4n) is 4.76. The van der Waals surface area contributed by atoms with Crippen LogP contribution in [0.1, 0.15) is 84.0 Å². The van der Waals surface area contributed by atoms with Gasteiger partial charge in [-0.25, -0.2) is 14.6 Å². The van der Waals surface area contributed by atoms with Crippen molar-refractivity contribution >= 4 is 17.3 Å². The van der Waals surface area contributed by atoms with E-state index in [1.807, 2.05) is 4.90 Å². The van der Waals surface area contributed by atoms with E-state index in [1.54, 1.807) is 25.0 Å². The lowest BCUT2D eigenvalue weighted by Crippen LogP contribution is -2.39. The van der Waals surface area contributed by atoms with Crippen LogP contribution in [-0.4, -0.2) is 48.9 Å². The van der Waals surface area contributed by atoms with Gasteiger partial charge < -0.3 is 14.2 Å². The fraction of sp³-hybridized carbons (Fsp3) is 0.760. The maximum atomic E-state index is 12.7. The van der Waals surface area contributed by atoms with Crippen molar-refractivity contribution in [3.8, 4) is 0 Å². The summed E-state index contributed by atoms with van der Waals surface area (Å²) in [6, 6.07) is 0. The van der Waals surface area contributed by atoms with E-state index in [9.17, 15) is 14.4 Å². The molecular weight excluding hydrogens is 434 g/mol. The summed E-state index contributed by atoms with van der Waals surface area (Å²) in [5, 5.41) is 0. The summed E-state index contributed by atoms with van der Waals surface area (Å²) in [6.45, 7) is 4.16. The number of fused-ring (bicyclic) bond motifs is 1. The average molecular weight is 476 g/mol. The Morgan fingerprint density at radius 2 is 1.56 bits per heavy atom. The van der Waals surface area contributed by atoms with Crippen LogP contribution in [0.5, 0.6) is 0 Å². The predicted octanol–water partition coefficient (Wildman–Crippen LogP) is 3.96. The van der Waals surface area contributed by atoms with Gasteiger partial charge in [-0.3, -0.25) is 13.9 Å². The number of hydrogen-bond acceptors (Lipinski definition) is 5. The van der Waals surface area contributed by atoms with Crippen LogP contribution in [0.3, 0.4) is 0 Å². The van der Waals surface area contributed by atoms with Gasteiger partial charge in [0.2, 0.25) is 0 Å². The molecule has 1 saturated heterocycles. The quantitative estimate of drug-likeness (QED) is 0.364. The zero-order valence-corrected chi connectivity index (χ0v) is 21.1. The van der Waals surface area contributed by atoms with Crippen molar-refractivity contribution < 1.29 is 9.53 Å². The number of hydrogen-bond donors (Lipinski definition) is 0. The molecule has 1 aliphatic heterocycles. The SMILES string of the molecule is CCCCCCCCN1CC(CCCCCCCn2c(=O)c3c(ncn3C)n(C)c2=O)OC1=O. The van der Waals surface area contributed by atoms with Gasteiger partial charge in [0.25, 0.3) is 5.56 Å². The zero-order chi connectivity index (χ0) is 24.5. The second-order valence-corrected chi connectivity index (χ2v) is 9.60. The monoisotopic (exact) mass is 475 g/mol. The van der Waals surface area contributed by atoms with E-state index < -0.39 is 0 Å². The van der Waals surface area contributed by atoms with Crippen LogP contribution in [0.25, 0.3) is 11.2 Å². The molecule has 2 aromatic rings. The van der Waals surface area contributed by atoms with E-state index in [-0.39, 0.29) is 23.4 Å². The molecular formula is C25H41N5O4. The van der Waals surface area contributed by atoms with Crippen LogP contribution in [-0.2, 0) is 25.4 Å². The highest BCUT2D eigenvalue weighted by molar-refractivity contribution is 5.70. The first-order valence-electron chi connectivity index (χ1n) is 13.0. The maximum Gasteiger partial charge on any atom is 0.410 e. The van der Waals surface area contributed by atoms with Crippen LogP contribution in [0.4, 0.5) is 4.79 Å². The number of aryl methyl sites for hydroxylation is 2. The summed E-state index contributed by atoms with van der Waals surface area (Å²) in [5.41, 5.74) is 0.294. The molecule has 0 aromatic carbocycles. The molecule has 0 bridgehead atoms. The third-order valence-corrected chi connectivity index (χ3v) is 6.84. The van der Waals surface area contributed by atoms with Gasteiger partial charge in [-0.2, -0.15) is 0 Å². The number of cyclic esters (lactones) is 1. The molecule has 9 nitrogen and oxygen atoms in total. The molecule has 3 heterocycles. The third-order valence-electron chi connectivity index (χ3n) is 6.84. The summed E-state index contributed by atoms with van der Waals surface area (Å²) in [4.78, 5) is 43.3. The lowest BCUT2D eigenvalue weighted by molar-refractivity contribution is 0.127. The van der Waals surface area contributed by atoms with E-state index in [4.69, 9.17) is 4.74 Å². The number of imidazole rings is 1. The van der Waals surface area contributed by atoms with E-state index in [0.717, 1.165) is 58.0 Å². The number of ether oxygens (including phenoxy) is 1. The highest BCUT2D eigenvalue weighted by atomic mass is 16.6. The summed E-state index contributed by atoms with van der Waals surface area (Å²) in [5.74, 6) is 0. The lowest BCUT2D eigenvalue weighted by Gasteiger charge is -2.12. The van der Waals surface area contributed by atoms with E-state index in [0.29, 0.717) is 17.7 Å². The number of nitrogens with zero attached hydrogens (tertiary/aromatic N) is 5. The highest BCUT2D eigenvalue weighted by Gasteiger charge is 2.30. The number of amides is 1. The fourth-order valence-corrected chi connectivity index (χ4v) is 4.76. The molecule has 1 atom stereocenters. The summed E-state index contributed by atoms with van der Waals surface area (Å²) in [6.07, 6.45) is 14.5. The molecule has 1 unspecified atom stereocenters. The molecule has 0 radical (unpaired) electrons. The molecule has 190 valence electrons. The number of carbonyl (C=O) groups is 1. The standard InChI is InChI=1S/C25H41N5O4/c1-4-5-6-7-10-13-16-29-18-20(34-25(29)33)15-12-9-8-11-14-17-30-23(31)21-22(26-19-27(21)2)28(3)24(30)32/h19-20H,4-18H2,1-3H3. The smallest absolute Gasteiger partial charge is 0.410 e. The lowest BCUT2D eigenvalue weighted by atomic mass is 10.1. The number of carbonyl (C=O) groups excluding carboxylic acids is 1. The van der Waals surface area contributed by atoms with Gasteiger partial charge in [0, 0.05) is 27.2 Å².